The molecule has 4 heteroatoms. The van der Waals surface area contributed by atoms with Crippen molar-refractivity contribution in [3.63, 3.8) is 0 Å². The summed E-state index contributed by atoms with van der Waals surface area (Å²) in [7, 11) is 1.37. The molecule has 0 aliphatic carbocycles. The number of esters is 1. The molecule has 0 fully saturated rings. The van der Waals surface area contributed by atoms with Gasteiger partial charge in [0.1, 0.15) is 11.4 Å². The first-order chi connectivity index (χ1) is 7.61. The number of fused-ring (bicyclic) bond motifs is 1. The zero-order chi connectivity index (χ0) is 11.8. The molecule has 0 saturated heterocycles. The summed E-state index contributed by atoms with van der Waals surface area (Å²) in [6.45, 7) is 1.91. The third-order valence-electron chi connectivity index (χ3n) is 3.11. The highest BCUT2D eigenvalue weighted by molar-refractivity contribution is 5.87. The zero-order valence-corrected chi connectivity index (χ0v) is 9.34. The van der Waals surface area contributed by atoms with Crippen molar-refractivity contribution in [1.82, 2.24) is 0 Å². The molecule has 0 bridgehead atoms. The van der Waals surface area contributed by atoms with E-state index in [2.05, 4.69) is 5.32 Å². The molecule has 3 nitrogen and oxygen atoms in total. The molecular formula is C12H14FNO2. The van der Waals surface area contributed by atoms with Crippen LogP contribution in [0.5, 0.6) is 0 Å². The van der Waals surface area contributed by atoms with Gasteiger partial charge in [-0.3, -0.25) is 0 Å². The van der Waals surface area contributed by atoms with Gasteiger partial charge in [-0.2, -0.15) is 0 Å². The lowest BCUT2D eigenvalue weighted by atomic mass is 9.92. The molecular weight excluding hydrogens is 209 g/mol. The monoisotopic (exact) mass is 223 g/mol. The largest absolute Gasteiger partial charge is 0.467 e. The molecule has 0 spiro atoms. The van der Waals surface area contributed by atoms with Gasteiger partial charge in [-0.15, -0.1) is 0 Å². The molecule has 1 heterocycles. The first-order valence-electron chi connectivity index (χ1n) is 5.26. The minimum Gasteiger partial charge on any atom is -0.467 e. The molecule has 16 heavy (non-hydrogen) atoms. The topological polar surface area (TPSA) is 38.3 Å². The molecule has 1 aromatic rings. The second kappa shape index (κ2) is 3.77. The number of nitrogens with one attached hydrogen (secondary N) is 1. The number of anilines is 1. The highest BCUT2D eigenvalue weighted by Gasteiger charge is 2.43. The smallest absolute Gasteiger partial charge is 0.331 e. The number of methoxy groups -OCH3 is 1. The number of hydrogen-bond donors (Lipinski definition) is 1. The molecule has 1 aliphatic rings. The Morgan fingerprint density at radius 3 is 3.00 bits per heavy atom. The van der Waals surface area contributed by atoms with E-state index >= 15 is 0 Å². The molecule has 1 N–H and O–H groups in total. The lowest BCUT2D eigenvalue weighted by Gasteiger charge is -2.25. The maximum absolute atomic E-state index is 13.1. The van der Waals surface area contributed by atoms with Gasteiger partial charge in [0, 0.05) is 12.1 Å². The molecule has 1 aromatic carbocycles. The van der Waals surface area contributed by atoms with Crippen LogP contribution in [0.3, 0.4) is 0 Å². The van der Waals surface area contributed by atoms with Crippen LogP contribution in [0.1, 0.15) is 18.9 Å². The molecule has 86 valence electrons. The van der Waals surface area contributed by atoms with Crippen LogP contribution in [0.15, 0.2) is 18.2 Å². The SMILES string of the molecule is CCC1(C(=O)OC)Cc2cc(F)ccc2N1. The van der Waals surface area contributed by atoms with Gasteiger partial charge in [0.15, 0.2) is 0 Å². The standard InChI is InChI=1S/C12H14FNO2/c1-3-12(11(15)16-2)7-8-6-9(13)4-5-10(8)14-12/h4-6,14H,3,7H2,1-2H3. The Balaban J connectivity index is 2.35. The fourth-order valence-electron chi connectivity index (χ4n) is 2.13. The van der Waals surface area contributed by atoms with Crippen molar-refractivity contribution in [2.45, 2.75) is 25.3 Å². The van der Waals surface area contributed by atoms with Gasteiger partial charge in [0.25, 0.3) is 0 Å². The van der Waals surface area contributed by atoms with Crippen LogP contribution in [0.2, 0.25) is 0 Å². The normalized spacial score (nSPS) is 22.4. The van der Waals surface area contributed by atoms with Crippen molar-refractivity contribution < 1.29 is 13.9 Å². The van der Waals surface area contributed by atoms with Crippen molar-refractivity contribution in [3.8, 4) is 0 Å². The average Bonchev–Trinajstić information content (AvgIpc) is 2.67. The Bertz CT molecular complexity index is 433. The Labute approximate surface area is 93.6 Å². The van der Waals surface area contributed by atoms with Crippen molar-refractivity contribution in [2.75, 3.05) is 12.4 Å². The van der Waals surface area contributed by atoms with Gasteiger partial charge >= 0.3 is 5.97 Å². The van der Waals surface area contributed by atoms with Gasteiger partial charge in [-0.25, -0.2) is 9.18 Å². The van der Waals surface area contributed by atoms with E-state index in [1.54, 1.807) is 6.07 Å². The highest BCUT2D eigenvalue weighted by atomic mass is 19.1. The van der Waals surface area contributed by atoms with Crippen molar-refractivity contribution in [3.05, 3.63) is 29.6 Å². The molecule has 0 saturated carbocycles. The first kappa shape index (κ1) is 10.9. The van der Waals surface area contributed by atoms with E-state index in [-0.39, 0.29) is 11.8 Å². The second-order valence-electron chi connectivity index (χ2n) is 4.03. The van der Waals surface area contributed by atoms with Crippen molar-refractivity contribution in [1.29, 1.82) is 0 Å². The van der Waals surface area contributed by atoms with Crippen molar-refractivity contribution >= 4 is 11.7 Å². The maximum Gasteiger partial charge on any atom is 0.331 e. The molecule has 1 aliphatic heterocycles. The van der Waals surface area contributed by atoms with Crippen LogP contribution in [0, 0.1) is 5.82 Å². The van der Waals surface area contributed by atoms with Gasteiger partial charge in [0.2, 0.25) is 0 Å². The van der Waals surface area contributed by atoms with Crippen LogP contribution < -0.4 is 5.32 Å². The Morgan fingerprint density at radius 1 is 1.62 bits per heavy atom. The maximum atomic E-state index is 13.1. The average molecular weight is 223 g/mol. The predicted molar refractivity (Wildman–Crippen MR) is 58.8 cm³/mol. The zero-order valence-electron chi connectivity index (χ0n) is 9.34. The summed E-state index contributed by atoms with van der Waals surface area (Å²) >= 11 is 0. The van der Waals surface area contributed by atoms with Gasteiger partial charge in [-0.1, -0.05) is 6.92 Å². The lowest BCUT2D eigenvalue weighted by molar-refractivity contribution is -0.145. The first-order valence-corrected chi connectivity index (χ1v) is 5.26. The van der Waals surface area contributed by atoms with E-state index < -0.39 is 5.54 Å². The highest BCUT2D eigenvalue weighted by Crippen LogP contribution is 2.35. The van der Waals surface area contributed by atoms with Crippen LogP contribution >= 0.6 is 0 Å². The summed E-state index contributed by atoms with van der Waals surface area (Å²) < 4.78 is 17.9. The quantitative estimate of drug-likeness (QED) is 0.780. The van der Waals surface area contributed by atoms with E-state index in [9.17, 15) is 9.18 Å². The summed E-state index contributed by atoms with van der Waals surface area (Å²) in [6.07, 6.45) is 1.08. The minimum atomic E-state index is -0.731. The Morgan fingerprint density at radius 2 is 2.38 bits per heavy atom. The van der Waals surface area contributed by atoms with Crippen molar-refractivity contribution in [2.24, 2.45) is 0 Å². The predicted octanol–water partition coefficient (Wildman–Crippen LogP) is 2.12. The fourth-order valence-corrected chi connectivity index (χ4v) is 2.13. The van der Waals surface area contributed by atoms with E-state index in [0.29, 0.717) is 12.8 Å². The second-order valence-corrected chi connectivity index (χ2v) is 4.03. The van der Waals surface area contributed by atoms with Gasteiger partial charge < -0.3 is 10.1 Å². The number of hydrogen-bond acceptors (Lipinski definition) is 3. The number of rotatable bonds is 2. The summed E-state index contributed by atoms with van der Waals surface area (Å²) in [5.74, 6) is -0.580. The third-order valence-corrected chi connectivity index (χ3v) is 3.11. The summed E-state index contributed by atoms with van der Waals surface area (Å²) in [6, 6.07) is 4.50. The van der Waals surface area contributed by atoms with Gasteiger partial charge in [-0.05, 0) is 30.2 Å². The molecule has 2 rings (SSSR count). The fraction of sp³-hybridized carbons (Fsp3) is 0.417. The van der Waals surface area contributed by atoms with Crippen LogP contribution in [0.25, 0.3) is 0 Å². The summed E-state index contributed by atoms with van der Waals surface area (Å²) in [4.78, 5) is 11.7. The van der Waals surface area contributed by atoms with Gasteiger partial charge in [0.05, 0.1) is 7.11 Å². The number of benzene rings is 1. The summed E-state index contributed by atoms with van der Waals surface area (Å²) in [5.41, 5.74) is 0.908. The van der Waals surface area contributed by atoms with Crippen LogP contribution in [-0.4, -0.2) is 18.6 Å². The van der Waals surface area contributed by atoms with Crippen LogP contribution in [0.4, 0.5) is 10.1 Å². The molecule has 1 unspecified atom stereocenters. The Kier molecular flexibility index (Phi) is 2.58. The minimum absolute atomic E-state index is 0.280. The van der Waals surface area contributed by atoms with E-state index in [4.69, 9.17) is 4.74 Å². The van der Waals surface area contributed by atoms with E-state index in [0.717, 1.165) is 11.3 Å². The Hall–Kier alpha value is -1.58. The van der Waals surface area contributed by atoms with Crippen LogP contribution in [-0.2, 0) is 16.0 Å². The number of carbonyl (C=O) groups excluding carboxylic acids is 1. The number of ether oxygens (including phenoxy) is 1. The third kappa shape index (κ3) is 1.54. The van der Waals surface area contributed by atoms with E-state index in [1.807, 2.05) is 6.92 Å². The molecule has 0 amide bonds. The molecule has 0 radical (unpaired) electrons. The molecule has 0 aromatic heterocycles. The molecule has 1 atom stereocenters. The van der Waals surface area contributed by atoms with E-state index in [1.165, 1.54) is 19.2 Å². The summed E-state index contributed by atoms with van der Waals surface area (Å²) in [5, 5.41) is 3.13. The lowest BCUT2D eigenvalue weighted by Crippen LogP contribution is -2.45. The number of carbonyl (C=O) groups is 1. The number of halogens is 1.